The first-order chi connectivity index (χ1) is 5.81. The summed E-state index contributed by atoms with van der Waals surface area (Å²) in [6.45, 7) is 5.37. The Labute approximate surface area is 73.0 Å². The van der Waals surface area contributed by atoms with E-state index in [2.05, 4.69) is 28.7 Å². The van der Waals surface area contributed by atoms with Crippen LogP contribution in [0.1, 0.15) is 18.2 Å². The second-order valence-electron chi connectivity index (χ2n) is 3.42. The van der Waals surface area contributed by atoms with Crippen molar-refractivity contribution < 1.29 is 0 Å². The number of likely N-dealkylation sites (N-methyl/N-ethyl adjacent to an activating group) is 1. The maximum Gasteiger partial charge on any atom is 0.0537 e. The van der Waals surface area contributed by atoms with Gasteiger partial charge in [0.2, 0.25) is 0 Å². The van der Waals surface area contributed by atoms with Crippen LogP contribution in [0.5, 0.6) is 0 Å². The van der Waals surface area contributed by atoms with Gasteiger partial charge < -0.3 is 4.90 Å². The first-order valence-corrected chi connectivity index (χ1v) is 4.53. The number of hydrogen-bond acceptors (Lipinski definition) is 2. The average Bonchev–Trinajstić information content (AvgIpc) is 2.46. The third-order valence-corrected chi connectivity index (χ3v) is 2.51. The molecule has 3 nitrogen and oxygen atoms in total. The highest BCUT2D eigenvalue weighted by atomic mass is 15.3. The van der Waals surface area contributed by atoms with E-state index >= 15 is 0 Å². The van der Waals surface area contributed by atoms with Gasteiger partial charge >= 0.3 is 0 Å². The van der Waals surface area contributed by atoms with E-state index in [-0.39, 0.29) is 0 Å². The van der Waals surface area contributed by atoms with Crippen LogP contribution in [-0.2, 0) is 19.5 Å². The molecule has 0 bridgehead atoms. The lowest BCUT2D eigenvalue weighted by atomic mass is 10.1. The minimum atomic E-state index is 0.999. The van der Waals surface area contributed by atoms with Crippen molar-refractivity contribution in [2.45, 2.75) is 26.4 Å². The van der Waals surface area contributed by atoms with Gasteiger partial charge in [-0.15, -0.1) is 0 Å². The van der Waals surface area contributed by atoms with Crippen LogP contribution in [0.3, 0.4) is 0 Å². The smallest absolute Gasteiger partial charge is 0.0537 e. The number of nitrogens with zero attached hydrogens (tertiary/aromatic N) is 3. The normalized spacial score (nSPS) is 17.8. The molecule has 0 atom stereocenters. The average molecular weight is 165 g/mol. The van der Waals surface area contributed by atoms with Crippen molar-refractivity contribution in [2.24, 2.45) is 0 Å². The Morgan fingerprint density at radius 3 is 3.17 bits per heavy atom. The lowest BCUT2D eigenvalue weighted by Crippen LogP contribution is -2.27. The third-order valence-electron chi connectivity index (χ3n) is 2.51. The molecule has 0 aliphatic carbocycles. The Hall–Kier alpha value is -0.830. The van der Waals surface area contributed by atoms with Gasteiger partial charge in [-0.2, -0.15) is 5.10 Å². The summed E-state index contributed by atoms with van der Waals surface area (Å²) >= 11 is 0. The fraction of sp³-hybridized carbons (Fsp3) is 0.667. The predicted molar refractivity (Wildman–Crippen MR) is 47.9 cm³/mol. The van der Waals surface area contributed by atoms with Crippen molar-refractivity contribution in [1.82, 2.24) is 14.7 Å². The van der Waals surface area contributed by atoms with Crippen molar-refractivity contribution >= 4 is 0 Å². The van der Waals surface area contributed by atoms with Crippen LogP contribution < -0.4 is 0 Å². The number of aromatic nitrogens is 2. The zero-order valence-electron chi connectivity index (χ0n) is 7.75. The van der Waals surface area contributed by atoms with Gasteiger partial charge in [0.05, 0.1) is 6.20 Å². The molecular weight excluding hydrogens is 150 g/mol. The van der Waals surface area contributed by atoms with Gasteiger partial charge in [0, 0.05) is 37.3 Å². The van der Waals surface area contributed by atoms with Crippen LogP contribution in [-0.4, -0.2) is 28.3 Å². The number of fused-ring (bicyclic) bond motifs is 1. The Morgan fingerprint density at radius 1 is 1.58 bits per heavy atom. The van der Waals surface area contributed by atoms with Crippen LogP contribution >= 0.6 is 0 Å². The fourth-order valence-electron chi connectivity index (χ4n) is 1.81. The van der Waals surface area contributed by atoms with Crippen molar-refractivity contribution in [3.63, 3.8) is 0 Å². The minimum absolute atomic E-state index is 0.999. The second-order valence-corrected chi connectivity index (χ2v) is 3.42. The van der Waals surface area contributed by atoms with Crippen LogP contribution in [0, 0.1) is 0 Å². The van der Waals surface area contributed by atoms with Gasteiger partial charge in [0.15, 0.2) is 0 Å². The first-order valence-electron chi connectivity index (χ1n) is 4.53. The molecule has 0 saturated carbocycles. The van der Waals surface area contributed by atoms with E-state index in [1.54, 1.807) is 0 Å². The van der Waals surface area contributed by atoms with E-state index < -0.39 is 0 Å². The predicted octanol–water partition coefficient (Wildman–Crippen LogP) is 0.891. The monoisotopic (exact) mass is 165 g/mol. The molecule has 66 valence electrons. The SMILES string of the molecule is CCn1ncc2c1CCN(C)C2. The summed E-state index contributed by atoms with van der Waals surface area (Å²) in [6.07, 6.45) is 3.16. The zero-order valence-corrected chi connectivity index (χ0v) is 7.75. The second kappa shape index (κ2) is 2.90. The molecule has 0 aromatic carbocycles. The summed E-state index contributed by atoms with van der Waals surface area (Å²) in [5.41, 5.74) is 2.85. The largest absolute Gasteiger partial charge is 0.302 e. The van der Waals surface area contributed by atoms with Crippen LogP contribution in [0.25, 0.3) is 0 Å². The summed E-state index contributed by atoms with van der Waals surface area (Å²) in [4.78, 5) is 2.34. The highest BCUT2D eigenvalue weighted by Gasteiger charge is 2.16. The minimum Gasteiger partial charge on any atom is -0.302 e. The molecule has 0 N–H and O–H groups in total. The summed E-state index contributed by atoms with van der Waals surface area (Å²) in [6, 6.07) is 0. The van der Waals surface area contributed by atoms with Gasteiger partial charge in [-0.1, -0.05) is 0 Å². The topological polar surface area (TPSA) is 21.1 Å². The number of rotatable bonds is 1. The molecule has 1 aromatic rings. The van der Waals surface area contributed by atoms with E-state index in [0.717, 1.165) is 19.5 Å². The fourth-order valence-corrected chi connectivity index (χ4v) is 1.81. The first kappa shape index (κ1) is 7.80. The lowest BCUT2D eigenvalue weighted by molar-refractivity contribution is 0.308. The summed E-state index contributed by atoms with van der Waals surface area (Å²) in [7, 11) is 2.16. The Balaban J connectivity index is 2.32. The Morgan fingerprint density at radius 2 is 2.42 bits per heavy atom. The maximum atomic E-state index is 4.34. The van der Waals surface area contributed by atoms with Crippen molar-refractivity contribution in [3.8, 4) is 0 Å². The van der Waals surface area contributed by atoms with Crippen molar-refractivity contribution in [1.29, 1.82) is 0 Å². The molecule has 0 saturated heterocycles. The standard InChI is InChI=1S/C9H15N3/c1-3-12-9-4-5-11(2)7-8(9)6-10-12/h6H,3-5,7H2,1-2H3. The quantitative estimate of drug-likeness (QED) is 0.616. The van der Waals surface area contributed by atoms with Crippen LogP contribution in [0.15, 0.2) is 6.20 Å². The summed E-state index contributed by atoms with van der Waals surface area (Å²) in [5.74, 6) is 0. The molecule has 1 aliphatic heterocycles. The highest BCUT2D eigenvalue weighted by molar-refractivity contribution is 5.20. The van der Waals surface area contributed by atoms with E-state index in [0.29, 0.717) is 0 Å². The highest BCUT2D eigenvalue weighted by Crippen LogP contribution is 2.16. The molecule has 2 rings (SSSR count). The zero-order chi connectivity index (χ0) is 8.55. The molecule has 3 heteroatoms. The van der Waals surface area contributed by atoms with Gasteiger partial charge in [-0.25, -0.2) is 0 Å². The molecule has 2 heterocycles. The van der Waals surface area contributed by atoms with Gasteiger partial charge in [0.1, 0.15) is 0 Å². The molecule has 1 aromatic heterocycles. The third kappa shape index (κ3) is 1.14. The molecule has 0 unspecified atom stereocenters. The van der Waals surface area contributed by atoms with Gasteiger partial charge in [-0.05, 0) is 14.0 Å². The van der Waals surface area contributed by atoms with E-state index in [1.807, 2.05) is 6.20 Å². The lowest BCUT2D eigenvalue weighted by Gasteiger charge is -2.22. The number of aryl methyl sites for hydroxylation is 1. The summed E-state index contributed by atoms with van der Waals surface area (Å²) in [5, 5.41) is 4.34. The van der Waals surface area contributed by atoms with E-state index in [9.17, 15) is 0 Å². The van der Waals surface area contributed by atoms with Crippen molar-refractivity contribution in [3.05, 3.63) is 17.5 Å². The molecule has 1 aliphatic rings. The molecular formula is C9H15N3. The van der Waals surface area contributed by atoms with Crippen LogP contribution in [0.2, 0.25) is 0 Å². The molecule has 12 heavy (non-hydrogen) atoms. The van der Waals surface area contributed by atoms with Gasteiger partial charge in [-0.3, -0.25) is 4.68 Å². The van der Waals surface area contributed by atoms with Crippen LogP contribution in [0.4, 0.5) is 0 Å². The molecule has 0 spiro atoms. The number of hydrogen-bond donors (Lipinski definition) is 0. The van der Waals surface area contributed by atoms with E-state index in [1.165, 1.54) is 17.8 Å². The molecule has 0 radical (unpaired) electrons. The molecule has 0 amide bonds. The molecule has 0 fully saturated rings. The Kier molecular flexibility index (Phi) is 1.89. The maximum absolute atomic E-state index is 4.34. The van der Waals surface area contributed by atoms with Crippen molar-refractivity contribution in [2.75, 3.05) is 13.6 Å². The van der Waals surface area contributed by atoms with Gasteiger partial charge in [0.25, 0.3) is 0 Å². The summed E-state index contributed by atoms with van der Waals surface area (Å²) < 4.78 is 2.11. The Bertz CT molecular complexity index is 277. The van der Waals surface area contributed by atoms with E-state index in [4.69, 9.17) is 0 Å².